The van der Waals surface area contributed by atoms with Gasteiger partial charge >= 0.3 is 0 Å². The summed E-state index contributed by atoms with van der Waals surface area (Å²) in [4.78, 5) is 9.23. The van der Waals surface area contributed by atoms with E-state index in [1.165, 1.54) is 18.2 Å². The first-order valence-electron chi connectivity index (χ1n) is 12.3. The van der Waals surface area contributed by atoms with Gasteiger partial charge < -0.3 is 9.64 Å². The minimum Gasteiger partial charge on any atom is -0.487 e. The van der Waals surface area contributed by atoms with Crippen LogP contribution in [-0.2, 0) is 10.0 Å². The molecule has 10 heteroatoms. The number of hydrogen-bond acceptors (Lipinski definition) is 6. The number of sulfonamides is 1. The van der Waals surface area contributed by atoms with Crippen LogP contribution in [0.3, 0.4) is 0 Å². The molecule has 0 bridgehead atoms. The van der Waals surface area contributed by atoms with E-state index >= 15 is 0 Å². The number of piperazine rings is 1. The van der Waals surface area contributed by atoms with Crippen LogP contribution >= 0.6 is 11.6 Å². The van der Waals surface area contributed by atoms with Gasteiger partial charge in [0, 0.05) is 49.5 Å². The van der Waals surface area contributed by atoms with E-state index in [2.05, 4.69) is 19.5 Å². The van der Waals surface area contributed by atoms with Gasteiger partial charge in [-0.05, 0) is 76.0 Å². The lowest BCUT2D eigenvalue weighted by Crippen LogP contribution is -2.52. The number of allylic oxidation sites excluding steroid dienone is 5. The molecule has 3 aliphatic rings. The first-order chi connectivity index (χ1) is 16.7. The summed E-state index contributed by atoms with van der Waals surface area (Å²) >= 11 is 5.97. The Morgan fingerprint density at radius 2 is 1.89 bits per heavy atom. The monoisotopic (exact) mass is 524 g/mol. The van der Waals surface area contributed by atoms with E-state index in [9.17, 15) is 12.8 Å². The first-order valence-corrected chi connectivity index (χ1v) is 14.1. The average molecular weight is 525 g/mol. The fourth-order valence-electron chi connectivity index (χ4n) is 4.91. The van der Waals surface area contributed by atoms with Crippen LogP contribution in [0.25, 0.3) is 0 Å². The van der Waals surface area contributed by atoms with E-state index < -0.39 is 16.2 Å². The van der Waals surface area contributed by atoms with Crippen molar-refractivity contribution in [3.05, 3.63) is 52.6 Å². The fraction of sp³-hybridized carbons (Fsp3) is 0.560. The van der Waals surface area contributed by atoms with Crippen LogP contribution in [0.15, 0.2) is 52.6 Å². The third-order valence-corrected chi connectivity index (χ3v) is 8.37. The van der Waals surface area contributed by atoms with E-state index in [1.54, 1.807) is 6.20 Å². The van der Waals surface area contributed by atoms with Gasteiger partial charge in [0.1, 0.15) is 6.17 Å². The predicted molar refractivity (Wildman–Crippen MR) is 138 cm³/mol. The summed E-state index contributed by atoms with van der Waals surface area (Å²) in [6, 6.07) is 4.13. The lowest BCUT2D eigenvalue weighted by molar-refractivity contribution is 0.139. The zero-order chi connectivity index (χ0) is 25.0. The maximum Gasteiger partial charge on any atom is 0.240 e. The van der Waals surface area contributed by atoms with E-state index in [0.717, 1.165) is 69.5 Å². The fourth-order valence-corrected chi connectivity index (χ4v) is 6.56. The van der Waals surface area contributed by atoms with Crippen molar-refractivity contribution >= 4 is 27.4 Å². The first kappa shape index (κ1) is 26.1. The Morgan fingerprint density at radius 3 is 2.57 bits per heavy atom. The molecular formula is C25H34ClFN4O3S. The second-order valence-electron chi connectivity index (χ2n) is 9.54. The van der Waals surface area contributed by atoms with Gasteiger partial charge in [-0.2, -0.15) is 0 Å². The van der Waals surface area contributed by atoms with Crippen molar-refractivity contribution in [2.24, 2.45) is 0 Å². The predicted octanol–water partition coefficient (Wildman–Crippen LogP) is 4.14. The van der Waals surface area contributed by atoms with Crippen LogP contribution in [0.1, 0.15) is 39.5 Å². The van der Waals surface area contributed by atoms with Gasteiger partial charge in [0.2, 0.25) is 10.0 Å². The highest BCUT2D eigenvalue weighted by Crippen LogP contribution is 2.30. The summed E-state index contributed by atoms with van der Waals surface area (Å²) in [7, 11) is -3.83. The normalized spacial score (nSPS) is 26.3. The second-order valence-corrected chi connectivity index (χ2v) is 11.7. The van der Waals surface area contributed by atoms with E-state index in [-0.39, 0.29) is 22.1 Å². The molecule has 0 amide bonds. The number of pyridine rings is 1. The summed E-state index contributed by atoms with van der Waals surface area (Å²) in [5.41, 5.74) is 0. The summed E-state index contributed by atoms with van der Waals surface area (Å²) in [5, 5.41) is 0.193. The highest BCUT2D eigenvalue weighted by Gasteiger charge is 2.31. The van der Waals surface area contributed by atoms with Gasteiger partial charge in [-0.1, -0.05) is 11.6 Å². The Bertz CT molecular complexity index is 1080. The van der Waals surface area contributed by atoms with Crippen LogP contribution in [0.5, 0.6) is 5.75 Å². The molecule has 0 aromatic carbocycles. The summed E-state index contributed by atoms with van der Waals surface area (Å²) in [6.45, 7) is 7.63. The van der Waals surface area contributed by atoms with Gasteiger partial charge in [-0.15, -0.1) is 0 Å². The molecular weight excluding hydrogens is 491 g/mol. The number of hydrogen-bond donors (Lipinski definition) is 1. The molecule has 0 radical (unpaired) electrons. The number of rotatable bonds is 7. The smallest absolute Gasteiger partial charge is 0.240 e. The number of alkyl halides is 1. The number of anilines is 1. The van der Waals surface area contributed by atoms with Crippen molar-refractivity contribution < 1.29 is 17.5 Å². The Morgan fingerprint density at radius 1 is 1.17 bits per heavy atom. The van der Waals surface area contributed by atoms with Crippen molar-refractivity contribution in [2.45, 2.75) is 63.9 Å². The minimum absolute atomic E-state index is 0.0915. The van der Waals surface area contributed by atoms with E-state index in [4.69, 9.17) is 16.3 Å². The molecule has 4 rings (SSSR count). The van der Waals surface area contributed by atoms with Crippen molar-refractivity contribution in [1.29, 1.82) is 0 Å². The van der Waals surface area contributed by atoms with Gasteiger partial charge in [0.25, 0.3) is 0 Å². The van der Waals surface area contributed by atoms with Gasteiger partial charge in [0.15, 0.2) is 11.6 Å². The molecule has 1 saturated carbocycles. The molecule has 1 aromatic rings. The van der Waals surface area contributed by atoms with Crippen LogP contribution in [-0.4, -0.2) is 68.8 Å². The number of aromatic nitrogens is 1. The quantitative estimate of drug-likeness (QED) is 0.578. The second kappa shape index (κ2) is 11.4. The van der Waals surface area contributed by atoms with Crippen molar-refractivity contribution in [3.63, 3.8) is 0 Å². The summed E-state index contributed by atoms with van der Waals surface area (Å²) in [5.74, 6) is 1.71. The lowest BCUT2D eigenvalue weighted by atomic mass is 9.90. The lowest BCUT2D eigenvalue weighted by Gasteiger charge is -2.42. The molecule has 1 aromatic heterocycles. The molecule has 2 aliphatic carbocycles. The Hall–Kier alpha value is -1.94. The maximum absolute atomic E-state index is 13.9. The molecule has 2 fully saturated rings. The van der Waals surface area contributed by atoms with Crippen LogP contribution in [0, 0.1) is 0 Å². The SMILES string of the molecule is CC(C)Oc1cccnc1N1CCN(C2CCC(NS(=O)(=O)C3=CC(F)C=CC(Cl)=C3)CC2)CC1. The number of nitrogens with zero attached hydrogens (tertiary/aromatic N) is 3. The number of ether oxygens (including phenoxy) is 1. The standard InChI is InChI=1S/C25H34ClFN4O3S/c1-18(2)34-24-4-3-11-28-25(24)31-14-12-30(13-15-31)22-9-7-21(8-10-22)29-35(32,33)23-16-19(26)5-6-20(27)17-23/h3-6,11,16-18,20-22,29H,7-10,12-15H2,1-2H3. The summed E-state index contributed by atoms with van der Waals surface area (Å²) in [6.07, 6.45) is 8.73. The van der Waals surface area contributed by atoms with Crippen molar-refractivity contribution in [3.8, 4) is 5.75 Å². The van der Waals surface area contributed by atoms with Crippen LogP contribution in [0.4, 0.5) is 10.2 Å². The third kappa shape index (κ3) is 6.84. The molecule has 2 heterocycles. The zero-order valence-electron chi connectivity index (χ0n) is 20.2. The zero-order valence-corrected chi connectivity index (χ0v) is 21.8. The van der Waals surface area contributed by atoms with Gasteiger partial charge in [-0.25, -0.2) is 22.5 Å². The van der Waals surface area contributed by atoms with E-state index in [0.29, 0.717) is 6.04 Å². The van der Waals surface area contributed by atoms with Crippen LogP contribution in [0.2, 0.25) is 0 Å². The molecule has 192 valence electrons. The average Bonchev–Trinajstić information content (AvgIpc) is 3.00. The molecule has 7 nitrogen and oxygen atoms in total. The molecule has 0 spiro atoms. The van der Waals surface area contributed by atoms with Gasteiger partial charge in [0.05, 0.1) is 11.0 Å². The molecule has 35 heavy (non-hydrogen) atoms. The largest absolute Gasteiger partial charge is 0.487 e. The third-order valence-electron chi connectivity index (χ3n) is 6.62. The molecule has 1 unspecified atom stereocenters. The molecule has 1 aliphatic heterocycles. The topological polar surface area (TPSA) is 74.8 Å². The Balaban J connectivity index is 1.28. The highest BCUT2D eigenvalue weighted by molar-refractivity contribution is 7.93. The Labute approximate surface area is 212 Å². The number of nitrogens with one attached hydrogen (secondary N) is 1. The maximum atomic E-state index is 13.9. The van der Waals surface area contributed by atoms with Crippen LogP contribution < -0.4 is 14.4 Å². The highest BCUT2D eigenvalue weighted by atomic mass is 35.5. The summed E-state index contributed by atoms with van der Waals surface area (Å²) < 4.78 is 48.3. The molecule has 1 N–H and O–H groups in total. The molecule has 1 saturated heterocycles. The van der Waals surface area contributed by atoms with E-state index in [1.807, 2.05) is 26.0 Å². The van der Waals surface area contributed by atoms with Crippen molar-refractivity contribution in [1.82, 2.24) is 14.6 Å². The minimum atomic E-state index is -3.83. The van der Waals surface area contributed by atoms with Gasteiger partial charge in [-0.3, -0.25) is 4.90 Å². The molecule has 1 atom stereocenters. The Kier molecular flexibility index (Phi) is 8.52. The van der Waals surface area contributed by atoms with Crippen molar-refractivity contribution in [2.75, 3.05) is 31.1 Å². The number of halogens is 2.